The highest BCUT2D eigenvalue weighted by atomic mass is 15.2. The van der Waals surface area contributed by atoms with Crippen molar-refractivity contribution >= 4 is 0 Å². The lowest BCUT2D eigenvalue weighted by molar-refractivity contribution is 0.152. The van der Waals surface area contributed by atoms with Gasteiger partial charge >= 0.3 is 0 Å². The summed E-state index contributed by atoms with van der Waals surface area (Å²) in [6, 6.07) is 0. The van der Waals surface area contributed by atoms with E-state index < -0.39 is 0 Å². The minimum absolute atomic E-state index is 1.11. The third kappa shape index (κ3) is 6.13. The van der Waals surface area contributed by atoms with Crippen molar-refractivity contribution in [3.05, 3.63) is 0 Å². The molecule has 0 aromatic rings. The van der Waals surface area contributed by atoms with E-state index in [0.29, 0.717) is 0 Å². The van der Waals surface area contributed by atoms with Crippen LogP contribution in [0.1, 0.15) is 26.2 Å². The summed E-state index contributed by atoms with van der Waals surface area (Å²) < 4.78 is 0. The second-order valence-corrected chi connectivity index (χ2v) is 4.56. The van der Waals surface area contributed by atoms with Crippen LogP contribution in [0.3, 0.4) is 0 Å². The van der Waals surface area contributed by atoms with Crippen molar-refractivity contribution in [2.75, 3.05) is 52.9 Å². The molecule has 1 aliphatic rings. The van der Waals surface area contributed by atoms with Crippen molar-refractivity contribution in [1.82, 2.24) is 15.1 Å². The van der Waals surface area contributed by atoms with Gasteiger partial charge in [-0.15, -0.1) is 0 Å². The maximum atomic E-state index is 3.37. The Morgan fingerprint density at radius 2 is 1.73 bits per heavy atom. The normalized spacial score (nSPS) is 19.6. The summed E-state index contributed by atoms with van der Waals surface area (Å²) in [5.74, 6) is 0. The lowest BCUT2D eigenvalue weighted by atomic mass is 10.2. The molecule has 0 aromatic carbocycles. The molecule has 3 nitrogen and oxygen atoms in total. The molecule has 1 rings (SSSR count). The first-order valence-corrected chi connectivity index (χ1v) is 6.44. The molecule has 0 aliphatic carbocycles. The van der Waals surface area contributed by atoms with Crippen LogP contribution in [0.15, 0.2) is 0 Å². The highest BCUT2D eigenvalue weighted by molar-refractivity contribution is 4.68. The molecule has 0 radical (unpaired) electrons. The second kappa shape index (κ2) is 8.08. The number of hydrogen-bond acceptors (Lipinski definition) is 3. The van der Waals surface area contributed by atoms with Crippen molar-refractivity contribution in [2.24, 2.45) is 0 Å². The molecule has 15 heavy (non-hydrogen) atoms. The van der Waals surface area contributed by atoms with Crippen LogP contribution in [-0.2, 0) is 0 Å². The Hall–Kier alpha value is -0.120. The first-order chi connectivity index (χ1) is 7.33. The van der Waals surface area contributed by atoms with Crippen molar-refractivity contribution in [1.29, 1.82) is 0 Å². The summed E-state index contributed by atoms with van der Waals surface area (Å²) in [5, 5.41) is 3.37. The van der Waals surface area contributed by atoms with Gasteiger partial charge in [-0.1, -0.05) is 13.3 Å². The monoisotopic (exact) mass is 213 g/mol. The first kappa shape index (κ1) is 12.9. The SMILES string of the molecule is CCNCCCCCN1CCN(C)CC1. The van der Waals surface area contributed by atoms with Gasteiger partial charge in [0.05, 0.1) is 0 Å². The Morgan fingerprint density at radius 1 is 1.00 bits per heavy atom. The van der Waals surface area contributed by atoms with Crippen LogP contribution in [0.5, 0.6) is 0 Å². The number of likely N-dealkylation sites (N-methyl/N-ethyl adjacent to an activating group) is 1. The van der Waals surface area contributed by atoms with Crippen LogP contribution in [0.4, 0.5) is 0 Å². The van der Waals surface area contributed by atoms with E-state index in [9.17, 15) is 0 Å². The van der Waals surface area contributed by atoms with Crippen LogP contribution in [0, 0.1) is 0 Å². The Labute approximate surface area is 94.8 Å². The van der Waals surface area contributed by atoms with Crippen LogP contribution in [0.25, 0.3) is 0 Å². The Kier molecular flexibility index (Phi) is 6.98. The minimum Gasteiger partial charge on any atom is -0.317 e. The van der Waals surface area contributed by atoms with E-state index in [0.717, 1.165) is 6.54 Å². The highest BCUT2D eigenvalue weighted by Gasteiger charge is 2.12. The molecule has 0 saturated carbocycles. The zero-order valence-corrected chi connectivity index (χ0v) is 10.5. The fourth-order valence-corrected chi connectivity index (χ4v) is 2.01. The molecule has 1 heterocycles. The molecule has 90 valence electrons. The number of hydrogen-bond donors (Lipinski definition) is 1. The van der Waals surface area contributed by atoms with Crippen LogP contribution >= 0.6 is 0 Å². The lowest BCUT2D eigenvalue weighted by Crippen LogP contribution is -2.44. The number of nitrogens with one attached hydrogen (secondary N) is 1. The van der Waals surface area contributed by atoms with E-state index in [1.807, 2.05) is 0 Å². The standard InChI is InChI=1S/C12H27N3/c1-3-13-7-5-4-6-8-15-11-9-14(2)10-12-15/h13H,3-12H2,1-2H3. The van der Waals surface area contributed by atoms with Crippen LogP contribution in [0.2, 0.25) is 0 Å². The Balaban J connectivity index is 1.87. The Bertz CT molecular complexity index is 142. The minimum atomic E-state index is 1.11. The van der Waals surface area contributed by atoms with Gasteiger partial charge in [-0.2, -0.15) is 0 Å². The predicted octanol–water partition coefficient (Wildman–Crippen LogP) is 1.01. The molecule has 1 aliphatic heterocycles. The molecule has 1 fully saturated rings. The van der Waals surface area contributed by atoms with E-state index in [-0.39, 0.29) is 0 Å². The molecule has 0 unspecified atom stereocenters. The van der Waals surface area contributed by atoms with Gasteiger partial charge in [0.15, 0.2) is 0 Å². The summed E-state index contributed by atoms with van der Waals surface area (Å²) in [6.45, 7) is 10.8. The van der Waals surface area contributed by atoms with E-state index in [2.05, 4.69) is 29.1 Å². The summed E-state index contributed by atoms with van der Waals surface area (Å²) in [5.41, 5.74) is 0. The molecule has 3 heteroatoms. The fourth-order valence-electron chi connectivity index (χ4n) is 2.01. The molecule has 1 N–H and O–H groups in total. The first-order valence-electron chi connectivity index (χ1n) is 6.44. The van der Waals surface area contributed by atoms with Crippen LogP contribution in [-0.4, -0.2) is 62.7 Å². The number of piperazine rings is 1. The molecule has 0 atom stereocenters. The van der Waals surface area contributed by atoms with Gasteiger partial charge in [0, 0.05) is 26.2 Å². The topological polar surface area (TPSA) is 18.5 Å². The predicted molar refractivity (Wildman–Crippen MR) is 66.3 cm³/mol. The number of rotatable bonds is 7. The summed E-state index contributed by atoms with van der Waals surface area (Å²) in [6.07, 6.45) is 4.08. The summed E-state index contributed by atoms with van der Waals surface area (Å²) >= 11 is 0. The molecular weight excluding hydrogens is 186 g/mol. The van der Waals surface area contributed by atoms with E-state index in [1.165, 1.54) is 58.5 Å². The van der Waals surface area contributed by atoms with Gasteiger partial charge in [-0.25, -0.2) is 0 Å². The zero-order chi connectivity index (χ0) is 10.9. The van der Waals surface area contributed by atoms with Crippen molar-refractivity contribution in [3.63, 3.8) is 0 Å². The molecule has 0 spiro atoms. The highest BCUT2D eigenvalue weighted by Crippen LogP contribution is 2.02. The van der Waals surface area contributed by atoms with Crippen molar-refractivity contribution in [2.45, 2.75) is 26.2 Å². The average Bonchev–Trinajstić information content (AvgIpc) is 2.26. The Morgan fingerprint density at radius 3 is 2.40 bits per heavy atom. The van der Waals surface area contributed by atoms with E-state index in [1.54, 1.807) is 0 Å². The van der Waals surface area contributed by atoms with Crippen molar-refractivity contribution < 1.29 is 0 Å². The third-order valence-electron chi connectivity index (χ3n) is 3.17. The lowest BCUT2D eigenvalue weighted by Gasteiger charge is -2.32. The molecule has 1 saturated heterocycles. The average molecular weight is 213 g/mol. The number of nitrogens with zero attached hydrogens (tertiary/aromatic N) is 2. The third-order valence-corrected chi connectivity index (χ3v) is 3.17. The molecule has 0 bridgehead atoms. The van der Waals surface area contributed by atoms with E-state index >= 15 is 0 Å². The van der Waals surface area contributed by atoms with Crippen molar-refractivity contribution in [3.8, 4) is 0 Å². The quantitative estimate of drug-likeness (QED) is 0.637. The van der Waals surface area contributed by atoms with E-state index in [4.69, 9.17) is 0 Å². The molecule has 0 aromatic heterocycles. The fraction of sp³-hybridized carbons (Fsp3) is 1.00. The van der Waals surface area contributed by atoms with Gasteiger partial charge in [0.1, 0.15) is 0 Å². The van der Waals surface area contributed by atoms with Gasteiger partial charge in [-0.3, -0.25) is 0 Å². The van der Waals surface area contributed by atoms with Gasteiger partial charge in [0.25, 0.3) is 0 Å². The smallest absolute Gasteiger partial charge is 0.0110 e. The molecular formula is C12H27N3. The summed E-state index contributed by atoms with van der Waals surface area (Å²) in [4.78, 5) is 5.02. The maximum Gasteiger partial charge on any atom is 0.0110 e. The number of unbranched alkanes of at least 4 members (excludes halogenated alkanes) is 2. The van der Waals surface area contributed by atoms with Gasteiger partial charge < -0.3 is 15.1 Å². The zero-order valence-electron chi connectivity index (χ0n) is 10.5. The summed E-state index contributed by atoms with van der Waals surface area (Å²) in [7, 11) is 2.22. The van der Waals surface area contributed by atoms with Crippen LogP contribution < -0.4 is 5.32 Å². The van der Waals surface area contributed by atoms with Gasteiger partial charge in [0.2, 0.25) is 0 Å². The molecule has 0 amide bonds. The van der Waals surface area contributed by atoms with Gasteiger partial charge in [-0.05, 0) is 39.5 Å². The maximum absolute atomic E-state index is 3.37. The largest absolute Gasteiger partial charge is 0.317 e. The second-order valence-electron chi connectivity index (χ2n) is 4.56.